The third kappa shape index (κ3) is 5.69. The van der Waals surface area contributed by atoms with Gasteiger partial charge in [0, 0.05) is 22.5 Å². The van der Waals surface area contributed by atoms with E-state index in [1.54, 1.807) is 0 Å². The molecule has 206 valence electrons. The van der Waals surface area contributed by atoms with E-state index in [2.05, 4.69) is 118 Å². The zero-order valence-electron chi connectivity index (χ0n) is 23.3. The molecule has 0 bridgehead atoms. The van der Waals surface area contributed by atoms with E-state index in [9.17, 15) is 0 Å². The van der Waals surface area contributed by atoms with E-state index in [1.165, 1.54) is 0 Å². The van der Waals surface area contributed by atoms with Gasteiger partial charge in [-0.3, -0.25) is 9.13 Å². The number of nitrogens with zero attached hydrogens (tertiary/aromatic N) is 4. The van der Waals surface area contributed by atoms with E-state index in [0.29, 0.717) is 0 Å². The first-order chi connectivity index (χ1) is 20.9. The number of hydrogen-bond acceptors (Lipinski definition) is 2. The van der Waals surface area contributed by atoms with Crippen molar-refractivity contribution in [3.05, 3.63) is 170 Å². The van der Waals surface area contributed by atoms with Gasteiger partial charge in [0.1, 0.15) is 11.6 Å². The molecule has 0 aliphatic rings. The van der Waals surface area contributed by atoms with Crippen molar-refractivity contribution in [2.75, 3.05) is 0 Å². The van der Waals surface area contributed by atoms with E-state index in [-0.39, 0.29) is 20.1 Å². The first-order valence-corrected chi connectivity index (χ1v) is 14.0. The molecule has 0 saturated heterocycles. The topological polar surface area (TPSA) is 35.6 Å². The predicted molar refractivity (Wildman–Crippen MR) is 173 cm³/mol. The van der Waals surface area contributed by atoms with Crippen molar-refractivity contribution in [3.8, 4) is 34.2 Å². The van der Waals surface area contributed by atoms with Crippen molar-refractivity contribution in [1.82, 2.24) is 19.1 Å². The van der Waals surface area contributed by atoms with Crippen LogP contribution in [0, 0.1) is 0 Å². The van der Waals surface area contributed by atoms with Crippen LogP contribution in [0.15, 0.2) is 170 Å². The van der Waals surface area contributed by atoms with Gasteiger partial charge in [0.05, 0.1) is 22.1 Å². The second-order valence-corrected chi connectivity index (χ2v) is 9.92. The molecule has 0 amide bonds. The van der Waals surface area contributed by atoms with Gasteiger partial charge in [0.15, 0.2) is 0 Å². The minimum Gasteiger partial charge on any atom is -0.292 e. The van der Waals surface area contributed by atoms with Crippen molar-refractivity contribution in [2.24, 2.45) is 0 Å². The van der Waals surface area contributed by atoms with Crippen LogP contribution in [0.3, 0.4) is 0 Å². The van der Waals surface area contributed by atoms with Crippen LogP contribution in [0.1, 0.15) is 0 Å². The zero-order valence-corrected chi connectivity index (χ0v) is 25.7. The normalized spacial score (nSPS) is 10.6. The Morgan fingerprint density at radius 1 is 0.326 bits per heavy atom. The number of imidazole rings is 2. The molecule has 8 aromatic rings. The van der Waals surface area contributed by atoms with E-state index >= 15 is 0 Å². The third-order valence-electron chi connectivity index (χ3n) is 7.21. The van der Waals surface area contributed by atoms with Crippen molar-refractivity contribution in [3.63, 3.8) is 0 Å². The summed E-state index contributed by atoms with van der Waals surface area (Å²) in [5.41, 5.74) is 8.79. The minimum absolute atomic E-state index is 0. The summed E-state index contributed by atoms with van der Waals surface area (Å²) in [5.74, 6) is 1.95. The Morgan fingerprint density at radius 3 is 1.00 bits per heavy atom. The maximum Gasteiger partial charge on any atom is 3.00 e. The van der Waals surface area contributed by atoms with Gasteiger partial charge < -0.3 is 0 Å². The summed E-state index contributed by atoms with van der Waals surface area (Å²) in [6.07, 6.45) is 0. The average molecular weight is 733 g/mol. The molecule has 0 saturated carbocycles. The second-order valence-electron chi connectivity index (χ2n) is 9.92. The molecule has 0 N–H and O–H groups in total. The summed E-state index contributed by atoms with van der Waals surface area (Å²) in [4.78, 5) is 9.64. The quantitative estimate of drug-likeness (QED) is 0.181. The summed E-state index contributed by atoms with van der Waals surface area (Å²) in [7, 11) is 0. The minimum atomic E-state index is 0. The number of rotatable bonds is 4. The Hall–Kier alpha value is -5.09. The molecular formula is C38H28IrN4+3. The Morgan fingerprint density at radius 2 is 0.628 bits per heavy atom. The molecule has 0 aliphatic heterocycles. The SMILES string of the molecule is [Ir+3].c1ccc(-c2nc3ccccc3n2-c2ccccc2)cc1.c1ccc(-c2nc3ccccc3n2-c2ccccc2)cc1. The van der Waals surface area contributed by atoms with Crippen LogP contribution in [0.2, 0.25) is 0 Å². The van der Waals surface area contributed by atoms with Gasteiger partial charge in [-0.2, -0.15) is 0 Å². The molecule has 8 rings (SSSR count). The predicted octanol–water partition coefficient (Wildman–Crippen LogP) is 9.38. The summed E-state index contributed by atoms with van der Waals surface area (Å²) >= 11 is 0. The molecule has 0 radical (unpaired) electrons. The molecule has 4 nitrogen and oxygen atoms in total. The Bertz CT molecular complexity index is 1910. The van der Waals surface area contributed by atoms with Crippen LogP contribution < -0.4 is 0 Å². The number of fused-ring (bicyclic) bond motifs is 2. The average Bonchev–Trinajstić information content (AvgIpc) is 3.66. The number of hydrogen-bond donors (Lipinski definition) is 0. The van der Waals surface area contributed by atoms with Crippen molar-refractivity contribution in [2.45, 2.75) is 0 Å². The number of benzene rings is 6. The fourth-order valence-electron chi connectivity index (χ4n) is 5.29. The van der Waals surface area contributed by atoms with Crippen LogP contribution in [0.4, 0.5) is 0 Å². The third-order valence-corrected chi connectivity index (χ3v) is 7.21. The molecule has 2 aromatic heterocycles. The fourth-order valence-corrected chi connectivity index (χ4v) is 5.29. The standard InChI is InChI=1S/2C19H14N2.Ir/c2*1-3-9-15(10-4-1)19-20-17-13-7-8-14-18(17)21(19)16-11-5-2-6-12-16;/h2*1-14H;/q;;+3. The van der Waals surface area contributed by atoms with Gasteiger partial charge in [0.2, 0.25) is 0 Å². The maximum atomic E-state index is 4.82. The Labute approximate surface area is 264 Å². The summed E-state index contributed by atoms with van der Waals surface area (Å²) < 4.78 is 4.43. The van der Waals surface area contributed by atoms with Crippen molar-refractivity contribution < 1.29 is 20.1 Å². The fraction of sp³-hybridized carbons (Fsp3) is 0. The smallest absolute Gasteiger partial charge is 0.292 e. The molecule has 43 heavy (non-hydrogen) atoms. The van der Waals surface area contributed by atoms with Gasteiger partial charge in [0.25, 0.3) is 0 Å². The van der Waals surface area contributed by atoms with E-state index in [0.717, 1.165) is 56.2 Å². The zero-order chi connectivity index (χ0) is 28.1. The van der Waals surface area contributed by atoms with Crippen molar-refractivity contribution in [1.29, 1.82) is 0 Å². The van der Waals surface area contributed by atoms with Crippen LogP contribution in [0.5, 0.6) is 0 Å². The molecule has 0 atom stereocenters. The maximum absolute atomic E-state index is 4.82. The van der Waals surface area contributed by atoms with Crippen LogP contribution >= 0.6 is 0 Å². The van der Waals surface area contributed by atoms with Gasteiger partial charge in [-0.1, -0.05) is 121 Å². The molecule has 0 fully saturated rings. The van der Waals surface area contributed by atoms with Gasteiger partial charge in [-0.25, -0.2) is 9.97 Å². The molecule has 0 unspecified atom stereocenters. The monoisotopic (exact) mass is 733 g/mol. The molecule has 0 spiro atoms. The Balaban J connectivity index is 0.000000150. The molecule has 0 aliphatic carbocycles. The van der Waals surface area contributed by atoms with Gasteiger partial charge in [-0.05, 0) is 48.5 Å². The molecule has 5 heteroatoms. The van der Waals surface area contributed by atoms with E-state index < -0.39 is 0 Å². The first kappa shape index (κ1) is 28.0. The van der Waals surface area contributed by atoms with Gasteiger partial charge >= 0.3 is 20.1 Å². The number of aromatic nitrogens is 4. The molecular weight excluding hydrogens is 705 g/mol. The summed E-state index contributed by atoms with van der Waals surface area (Å²) in [6.45, 7) is 0. The second kappa shape index (κ2) is 12.8. The summed E-state index contributed by atoms with van der Waals surface area (Å²) in [6, 6.07) is 57.9. The van der Waals surface area contributed by atoms with Gasteiger partial charge in [-0.15, -0.1) is 0 Å². The molecule has 2 heterocycles. The van der Waals surface area contributed by atoms with Crippen LogP contribution in [0.25, 0.3) is 56.2 Å². The van der Waals surface area contributed by atoms with E-state index in [1.807, 2.05) is 60.7 Å². The molecule has 6 aromatic carbocycles. The first-order valence-electron chi connectivity index (χ1n) is 14.0. The number of para-hydroxylation sites is 6. The summed E-state index contributed by atoms with van der Waals surface area (Å²) in [5, 5.41) is 0. The van der Waals surface area contributed by atoms with Crippen LogP contribution in [-0.2, 0) is 20.1 Å². The van der Waals surface area contributed by atoms with Crippen molar-refractivity contribution >= 4 is 22.1 Å². The van der Waals surface area contributed by atoms with E-state index in [4.69, 9.17) is 9.97 Å². The Kier molecular flexibility index (Phi) is 8.37. The van der Waals surface area contributed by atoms with Crippen LogP contribution in [-0.4, -0.2) is 19.1 Å². The largest absolute Gasteiger partial charge is 3.00 e.